The van der Waals surface area contributed by atoms with E-state index in [4.69, 9.17) is 4.98 Å². The Balaban J connectivity index is 1.71. The Hall–Kier alpha value is -3.01. The molecule has 0 radical (unpaired) electrons. The second-order valence-electron chi connectivity index (χ2n) is 7.63. The fraction of sp³-hybridized carbons (Fsp3) is 0.318. The van der Waals surface area contributed by atoms with E-state index in [1.165, 1.54) is 11.3 Å². The molecule has 1 fully saturated rings. The van der Waals surface area contributed by atoms with Crippen LogP contribution in [0.15, 0.2) is 42.6 Å². The number of carboxylic acids is 2. The standard InChI is InChI=1S/C22H24N4O4S/c1-24-9-11-25(12-10-24)8-7-16-14-26-19(17(21(29)30)13-18(27)28)20(31-22(26)23-16)15-5-3-2-4-6-15/h2-6,13-14H,7-12H2,1H3,(H,27,28)(H,29,30)/b17-13+. The summed E-state index contributed by atoms with van der Waals surface area (Å²) in [4.78, 5) is 34.0. The summed E-state index contributed by atoms with van der Waals surface area (Å²) in [7, 11) is 2.12. The van der Waals surface area contributed by atoms with E-state index in [0.717, 1.165) is 56.5 Å². The van der Waals surface area contributed by atoms with Crippen molar-refractivity contribution in [2.75, 3.05) is 39.8 Å². The van der Waals surface area contributed by atoms with Gasteiger partial charge in [0.25, 0.3) is 0 Å². The number of carbonyl (C=O) groups is 2. The summed E-state index contributed by atoms with van der Waals surface area (Å²) in [5.41, 5.74) is 1.77. The zero-order valence-corrected chi connectivity index (χ0v) is 18.0. The van der Waals surface area contributed by atoms with Crippen LogP contribution in [0.4, 0.5) is 0 Å². The van der Waals surface area contributed by atoms with Crippen LogP contribution in [0.1, 0.15) is 11.4 Å². The first-order chi connectivity index (χ1) is 14.9. The molecule has 162 valence electrons. The quantitative estimate of drug-likeness (QED) is 0.545. The molecule has 1 aliphatic heterocycles. The lowest BCUT2D eigenvalue weighted by atomic mass is 10.1. The number of carboxylic acid groups (broad SMARTS) is 2. The summed E-state index contributed by atoms with van der Waals surface area (Å²) < 4.78 is 1.72. The number of aliphatic carboxylic acids is 2. The number of benzene rings is 1. The summed E-state index contributed by atoms with van der Waals surface area (Å²) in [6, 6.07) is 9.37. The van der Waals surface area contributed by atoms with Gasteiger partial charge in [-0.15, -0.1) is 0 Å². The first-order valence-corrected chi connectivity index (χ1v) is 10.9. The molecule has 3 heterocycles. The number of hydrogen-bond acceptors (Lipinski definition) is 6. The molecule has 0 spiro atoms. The number of fused-ring (bicyclic) bond motifs is 1. The van der Waals surface area contributed by atoms with Crippen LogP contribution in [0, 0.1) is 0 Å². The minimum absolute atomic E-state index is 0.263. The van der Waals surface area contributed by atoms with E-state index in [1.54, 1.807) is 4.40 Å². The van der Waals surface area contributed by atoms with Crippen molar-refractivity contribution in [1.82, 2.24) is 19.2 Å². The zero-order valence-electron chi connectivity index (χ0n) is 17.2. The number of thiazole rings is 1. The molecule has 0 amide bonds. The van der Waals surface area contributed by atoms with Crippen LogP contribution >= 0.6 is 11.3 Å². The topological polar surface area (TPSA) is 98.4 Å². The molecule has 1 aromatic carbocycles. The van der Waals surface area contributed by atoms with Crippen LogP contribution < -0.4 is 0 Å². The van der Waals surface area contributed by atoms with E-state index >= 15 is 0 Å². The predicted molar refractivity (Wildman–Crippen MR) is 119 cm³/mol. The highest BCUT2D eigenvalue weighted by Crippen LogP contribution is 2.37. The molecule has 9 heteroatoms. The normalized spacial score (nSPS) is 16.1. The van der Waals surface area contributed by atoms with Crippen molar-refractivity contribution < 1.29 is 19.8 Å². The molecule has 8 nitrogen and oxygen atoms in total. The maximum Gasteiger partial charge on any atom is 0.338 e. The number of imidazole rings is 1. The fourth-order valence-electron chi connectivity index (χ4n) is 3.75. The Morgan fingerprint density at radius 3 is 2.48 bits per heavy atom. The molecule has 2 N–H and O–H groups in total. The van der Waals surface area contributed by atoms with Gasteiger partial charge in [0.2, 0.25) is 0 Å². The largest absolute Gasteiger partial charge is 0.478 e. The first kappa shape index (κ1) is 21.2. The summed E-state index contributed by atoms with van der Waals surface area (Å²) in [6.45, 7) is 5.02. The van der Waals surface area contributed by atoms with E-state index in [-0.39, 0.29) is 5.57 Å². The third kappa shape index (κ3) is 4.68. The van der Waals surface area contributed by atoms with Crippen molar-refractivity contribution in [1.29, 1.82) is 0 Å². The van der Waals surface area contributed by atoms with Gasteiger partial charge in [-0.2, -0.15) is 0 Å². The molecule has 0 saturated carbocycles. The van der Waals surface area contributed by atoms with E-state index in [1.807, 2.05) is 36.5 Å². The monoisotopic (exact) mass is 440 g/mol. The number of aromatic nitrogens is 2. The van der Waals surface area contributed by atoms with Gasteiger partial charge in [-0.25, -0.2) is 14.6 Å². The Labute approximate surface area is 183 Å². The highest BCUT2D eigenvalue weighted by atomic mass is 32.1. The molecule has 0 aliphatic carbocycles. The van der Waals surface area contributed by atoms with Crippen molar-refractivity contribution in [3.05, 3.63) is 54.0 Å². The molecule has 1 saturated heterocycles. The lowest BCUT2D eigenvalue weighted by molar-refractivity contribution is -0.133. The predicted octanol–water partition coefficient (Wildman–Crippen LogP) is 2.41. The summed E-state index contributed by atoms with van der Waals surface area (Å²) >= 11 is 1.37. The molecule has 0 bridgehead atoms. The Kier molecular flexibility index (Phi) is 6.17. The molecule has 31 heavy (non-hydrogen) atoms. The van der Waals surface area contributed by atoms with Crippen LogP contribution in [-0.2, 0) is 16.0 Å². The molecule has 3 aromatic rings. The van der Waals surface area contributed by atoms with Crippen LogP contribution in [0.25, 0.3) is 21.0 Å². The SMILES string of the molecule is CN1CCN(CCc2cn3c(/C(=C\C(=O)O)C(=O)O)c(-c4ccccc4)sc3n2)CC1. The third-order valence-electron chi connectivity index (χ3n) is 5.44. The smallest absolute Gasteiger partial charge is 0.338 e. The molecule has 1 aliphatic rings. The van der Waals surface area contributed by atoms with Crippen LogP contribution in [-0.4, -0.2) is 81.1 Å². The number of nitrogens with zero attached hydrogens (tertiary/aromatic N) is 4. The van der Waals surface area contributed by atoms with Gasteiger partial charge >= 0.3 is 11.9 Å². The molecular weight excluding hydrogens is 416 g/mol. The van der Waals surface area contributed by atoms with Crippen LogP contribution in [0.5, 0.6) is 0 Å². The van der Waals surface area contributed by atoms with E-state index in [2.05, 4.69) is 16.8 Å². The van der Waals surface area contributed by atoms with Crippen molar-refractivity contribution in [2.45, 2.75) is 6.42 Å². The average Bonchev–Trinajstić information content (AvgIpc) is 3.29. The molecule has 4 rings (SSSR count). The second kappa shape index (κ2) is 9.01. The Morgan fingerprint density at radius 2 is 1.84 bits per heavy atom. The Bertz CT molecular complexity index is 1130. The maximum atomic E-state index is 12.0. The molecule has 2 aromatic heterocycles. The van der Waals surface area contributed by atoms with Gasteiger partial charge in [0, 0.05) is 51.4 Å². The highest BCUT2D eigenvalue weighted by Gasteiger charge is 2.24. The minimum Gasteiger partial charge on any atom is -0.478 e. The van der Waals surface area contributed by atoms with Gasteiger partial charge in [0.1, 0.15) is 0 Å². The number of piperazine rings is 1. The Morgan fingerprint density at radius 1 is 1.13 bits per heavy atom. The van der Waals surface area contributed by atoms with Gasteiger partial charge in [-0.3, -0.25) is 4.40 Å². The molecular formula is C22H24N4O4S. The average molecular weight is 441 g/mol. The van der Waals surface area contributed by atoms with Crippen LogP contribution in [0.2, 0.25) is 0 Å². The van der Waals surface area contributed by atoms with Gasteiger partial charge in [-0.05, 0) is 12.6 Å². The molecule has 0 atom stereocenters. The first-order valence-electron chi connectivity index (χ1n) is 10.1. The number of hydrogen-bond donors (Lipinski definition) is 2. The minimum atomic E-state index is -1.30. The zero-order chi connectivity index (χ0) is 22.0. The van der Waals surface area contributed by atoms with Crippen molar-refractivity contribution in [3.8, 4) is 10.4 Å². The third-order valence-corrected chi connectivity index (χ3v) is 6.55. The van der Waals surface area contributed by atoms with Gasteiger partial charge in [0.15, 0.2) is 4.96 Å². The van der Waals surface area contributed by atoms with E-state index < -0.39 is 11.9 Å². The summed E-state index contributed by atoms with van der Waals surface area (Å²) in [5, 5.41) is 19.0. The maximum absolute atomic E-state index is 12.0. The van der Waals surface area contributed by atoms with Crippen molar-refractivity contribution >= 4 is 33.8 Å². The lowest BCUT2D eigenvalue weighted by Gasteiger charge is -2.32. The van der Waals surface area contributed by atoms with Gasteiger partial charge in [0.05, 0.1) is 21.8 Å². The van der Waals surface area contributed by atoms with Crippen molar-refractivity contribution in [2.24, 2.45) is 0 Å². The van der Waals surface area contributed by atoms with Gasteiger partial charge in [-0.1, -0.05) is 41.7 Å². The number of likely N-dealkylation sites (N-methyl/N-ethyl adjacent to an activating group) is 1. The lowest BCUT2D eigenvalue weighted by Crippen LogP contribution is -2.45. The second-order valence-corrected chi connectivity index (χ2v) is 8.60. The fourth-order valence-corrected chi connectivity index (χ4v) is 4.89. The van der Waals surface area contributed by atoms with Crippen LogP contribution in [0.3, 0.4) is 0 Å². The van der Waals surface area contributed by atoms with E-state index in [9.17, 15) is 19.8 Å². The summed E-state index contributed by atoms with van der Waals surface area (Å²) in [6.07, 6.45) is 3.34. The van der Waals surface area contributed by atoms with Crippen molar-refractivity contribution in [3.63, 3.8) is 0 Å². The molecule has 0 unspecified atom stereocenters. The highest BCUT2D eigenvalue weighted by molar-refractivity contribution is 7.20. The van der Waals surface area contributed by atoms with Gasteiger partial charge < -0.3 is 20.0 Å². The van der Waals surface area contributed by atoms with E-state index in [0.29, 0.717) is 15.5 Å². The number of rotatable bonds is 7. The summed E-state index contributed by atoms with van der Waals surface area (Å²) in [5.74, 6) is -2.59.